The molecule has 1 aromatic rings. The molecule has 1 N–H and O–H groups in total. The first kappa shape index (κ1) is 16.4. The molecular weight excluding hydrogens is 489 g/mol. The van der Waals surface area contributed by atoms with E-state index in [0.717, 1.165) is 5.56 Å². The first-order chi connectivity index (χ1) is 9.26. The number of halogens is 1. The summed E-state index contributed by atoms with van der Waals surface area (Å²) in [5.74, 6) is 0. The maximum absolute atomic E-state index is 12.9. The second-order valence-corrected chi connectivity index (χ2v) is 4.88. The zero-order chi connectivity index (χ0) is 13.3. The van der Waals surface area contributed by atoms with Crippen molar-refractivity contribution in [3.63, 3.8) is 0 Å². The van der Waals surface area contributed by atoms with Crippen molar-refractivity contribution in [1.29, 1.82) is 0 Å². The number of alkyl halides is 1. The molecule has 4 nitrogen and oxygen atoms in total. The second kappa shape index (κ2) is 6.87. The van der Waals surface area contributed by atoms with Crippen molar-refractivity contribution in [2.75, 3.05) is 13.3 Å². The van der Waals surface area contributed by atoms with Crippen LogP contribution < -0.4 is 0 Å². The van der Waals surface area contributed by atoms with Gasteiger partial charge in [-0.3, -0.25) is 0 Å². The van der Waals surface area contributed by atoms with Crippen molar-refractivity contribution in [2.24, 2.45) is 0 Å². The predicted molar refractivity (Wildman–Crippen MR) is 64.9 cm³/mol. The number of aliphatic hydroxyl groups is 1. The largest absolute Gasteiger partial charge is 0.539 e. The minimum atomic E-state index is -1.10. The van der Waals surface area contributed by atoms with Crippen LogP contribution in [0.3, 0.4) is 0 Å². The normalized spacial score (nSPS) is 35.0. The van der Waals surface area contributed by atoms with E-state index in [0.29, 0.717) is 6.61 Å². The van der Waals surface area contributed by atoms with Crippen LogP contribution in [-0.4, -0.2) is 42.3 Å². The molecule has 2 heterocycles. The first-order valence-electron chi connectivity index (χ1n) is 6.28. The molecule has 2 bridgehead atoms. The molecule has 2 saturated heterocycles. The van der Waals surface area contributed by atoms with Crippen molar-refractivity contribution in [1.82, 2.24) is 0 Å². The van der Waals surface area contributed by atoms with Gasteiger partial charge in [0.25, 0.3) is 0 Å². The van der Waals surface area contributed by atoms with Gasteiger partial charge >= 0.3 is 0 Å². The Labute approximate surface area is 141 Å². The van der Waals surface area contributed by atoms with E-state index in [1.807, 2.05) is 30.3 Å². The quantitative estimate of drug-likeness (QED) is 0.613. The monoisotopic (exact) mass is 505 g/mol. The fourth-order valence-electron chi connectivity index (χ4n) is 2.58. The Hall–Kier alpha value is 0.0419. The SMILES string of the molecule is O[C@H]1[C@@H]2[CH-]O[C@@]1(COCc1ccccc1)C(CF)O2.[U]. The van der Waals surface area contributed by atoms with Gasteiger partial charge in [0, 0.05) is 31.1 Å². The topological polar surface area (TPSA) is 47.9 Å². The first-order valence-corrected chi connectivity index (χ1v) is 6.28. The van der Waals surface area contributed by atoms with Crippen molar-refractivity contribution >= 4 is 0 Å². The third-order valence-electron chi connectivity index (χ3n) is 3.68. The van der Waals surface area contributed by atoms with Crippen LogP contribution in [-0.2, 0) is 20.8 Å². The Bertz CT molecular complexity index is 432. The van der Waals surface area contributed by atoms with Gasteiger partial charge in [0.05, 0.1) is 19.3 Å². The molecule has 0 saturated carbocycles. The number of ether oxygens (including phenoxy) is 3. The third kappa shape index (κ3) is 2.83. The Kier molecular flexibility index (Phi) is 5.64. The minimum Gasteiger partial charge on any atom is -0.539 e. The summed E-state index contributed by atoms with van der Waals surface area (Å²) in [7, 11) is 0. The van der Waals surface area contributed by atoms with Crippen LogP contribution in [0.25, 0.3) is 0 Å². The Balaban J connectivity index is 0.00000147. The van der Waals surface area contributed by atoms with E-state index < -0.39 is 30.6 Å². The minimum absolute atomic E-state index is 0. The van der Waals surface area contributed by atoms with Gasteiger partial charge in [-0.15, -0.1) is 0 Å². The molecule has 2 aliphatic heterocycles. The summed E-state index contributed by atoms with van der Waals surface area (Å²) in [5.41, 5.74) is -0.0867. The zero-order valence-electron chi connectivity index (χ0n) is 10.9. The number of hydrogen-bond donors (Lipinski definition) is 1. The van der Waals surface area contributed by atoms with Crippen molar-refractivity contribution in [2.45, 2.75) is 30.5 Å². The van der Waals surface area contributed by atoms with E-state index in [9.17, 15) is 9.50 Å². The molecule has 108 valence electrons. The average molecular weight is 505 g/mol. The second-order valence-electron chi connectivity index (χ2n) is 4.88. The molecule has 0 radical (unpaired) electrons. The summed E-state index contributed by atoms with van der Waals surface area (Å²) in [6.45, 7) is 1.21. The van der Waals surface area contributed by atoms with Gasteiger partial charge in [0.2, 0.25) is 0 Å². The van der Waals surface area contributed by atoms with Gasteiger partial charge in [-0.2, -0.15) is 6.61 Å². The molecule has 1 aromatic carbocycles. The smallest absolute Gasteiger partial charge is 0.118 e. The third-order valence-corrected chi connectivity index (χ3v) is 3.68. The molecule has 4 atom stereocenters. The molecule has 2 fully saturated rings. The molecule has 0 amide bonds. The van der Waals surface area contributed by atoms with Crippen LogP contribution >= 0.6 is 0 Å². The van der Waals surface area contributed by atoms with Crippen molar-refractivity contribution in [3.8, 4) is 0 Å². The van der Waals surface area contributed by atoms with E-state index in [1.54, 1.807) is 0 Å². The average Bonchev–Trinajstić information content (AvgIpc) is 2.90. The van der Waals surface area contributed by atoms with Gasteiger partial charge in [-0.05, 0) is 11.7 Å². The fraction of sp³-hybridized carbons (Fsp3) is 0.500. The van der Waals surface area contributed by atoms with Crippen LogP contribution in [0.2, 0.25) is 0 Å². The molecule has 2 aliphatic rings. The van der Waals surface area contributed by atoms with Crippen LogP contribution in [0.4, 0.5) is 4.39 Å². The summed E-state index contributed by atoms with van der Waals surface area (Å²) in [6, 6.07) is 9.65. The summed E-state index contributed by atoms with van der Waals surface area (Å²) in [6.07, 6.45) is -2.20. The van der Waals surface area contributed by atoms with Crippen LogP contribution in [0.15, 0.2) is 30.3 Å². The number of hydrogen-bond acceptors (Lipinski definition) is 4. The van der Waals surface area contributed by atoms with E-state index in [4.69, 9.17) is 14.2 Å². The molecule has 6 heteroatoms. The molecule has 1 unspecified atom stereocenters. The van der Waals surface area contributed by atoms with E-state index in [-0.39, 0.29) is 37.7 Å². The predicted octanol–water partition coefficient (Wildman–Crippen LogP) is 1.23. The van der Waals surface area contributed by atoms with Crippen LogP contribution in [0.1, 0.15) is 5.56 Å². The maximum atomic E-state index is 12.9. The fourth-order valence-corrected chi connectivity index (χ4v) is 2.58. The Morgan fingerprint density at radius 1 is 1.35 bits per heavy atom. The molecular formula is C14H16FO4U-. The summed E-state index contributed by atoms with van der Waals surface area (Å²) >= 11 is 0. The van der Waals surface area contributed by atoms with Gasteiger partial charge in [0.1, 0.15) is 18.4 Å². The Morgan fingerprint density at radius 2 is 2.10 bits per heavy atom. The summed E-state index contributed by atoms with van der Waals surface area (Å²) in [4.78, 5) is 0. The van der Waals surface area contributed by atoms with Crippen LogP contribution in [0, 0.1) is 37.7 Å². The number of benzene rings is 1. The van der Waals surface area contributed by atoms with Gasteiger partial charge in [-0.1, -0.05) is 30.3 Å². The molecule has 0 aromatic heterocycles. The zero-order valence-corrected chi connectivity index (χ0v) is 15.0. The van der Waals surface area contributed by atoms with E-state index in [2.05, 4.69) is 0 Å². The van der Waals surface area contributed by atoms with Crippen molar-refractivity contribution < 1.29 is 54.8 Å². The molecule has 20 heavy (non-hydrogen) atoms. The van der Waals surface area contributed by atoms with E-state index in [1.165, 1.54) is 6.61 Å². The molecule has 0 spiro atoms. The molecule has 0 aliphatic carbocycles. The van der Waals surface area contributed by atoms with Gasteiger partial charge < -0.3 is 19.3 Å². The standard InChI is InChI=1S/C14H16FO4.U/c15-6-12-14(13(16)11(19-12)8-18-14)9-17-7-10-4-2-1-3-5-10;/h1-5,8,11-13,16H,6-7,9H2;/q-1;/t11-,12?,13-,14-;/m0./s1. The maximum Gasteiger partial charge on any atom is 0.118 e. The van der Waals surface area contributed by atoms with E-state index >= 15 is 0 Å². The van der Waals surface area contributed by atoms with Crippen molar-refractivity contribution in [3.05, 3.63) is 42.5 Å². The van der Waals surface area contributed by atoms with Gasteiger partial charge in [0.15, 0.2) is 0 Å². The van der Waals surface area contributed by atoms with Crippen LogP contribution in [0.5, 0.6) is 0 Å². The summed E-state index contributed by atoms with van der Waals surface area (Å²) < 4.78 is 29.3. The number of rotatable bonds is 5. The number of fused-ring (bicyclic) bond motifs is 2. The summed E-state index contributed by atoms with van der Waals surface area (Å²) in [5, 5.41) is 10.1. The molecule has 3 rings (SSSR count). The van der Waals surface area contributed by atoms with Gasteiger partial charge in [-0.25, -0.2) is 4.39 Å². The Morgan fingerprint density at radius 3 is 2.75 bits per heavy atom. The number of aliphatic hydroxyl groups excluding tert-OH is 1.